The molecule has 0 unspecified atom stereocenters. The highest BCUT2D eigenvalue weighted by Gasteiger charge is 2.15. The number of carbonyl (C=O) groups is 1. The monoisotopic (exact) mass is 359 g/mol. The first-order valence-corrected chi connectivity index (χ1v) is 8.95. The van der Waals surface area contributed by atoms with Crippen molar-refractivity contribution in [3.8, 4) is 0 Å². The van der Waals surface area contributed by atoms with Crippen molar-refractivity contribution in [3.05, 3.63) is 0 Å². The van der Waals surface area contributed by atoms with Gasteiger partial charge in [0, 0.05) is 46.4 Å². The van der Waals surface area contributed by atoms with Crippen molar-refractivity contribution in [1.29, 1.82) is 0 Å². The first-order chi connectivity index (χ1) is 11.8. The van der Waals surface area contributed by atoms with Crippen LogP contribution in [0.3, 0.4) is 0 Å². The van der Waals surface area contributed by atoms with Crippen LogP contribution >= 0.6 is 0 Å². The summed E-state index contributed by atoms with van der Waals surface area (Å²) in [5, 5.41) is 9.25. The van der Waals surface area contributed by atoms with Crippen molar-refractivity contribution in [3.63, 3.8) is 0 Å². The van der Waals surface area contributed by atoms with Gasteiger partial charge in [-0.1, -0.05) is 0 Å². The zero-order valence-corrected chi connectivity index (χ0v) is 16.8. The number of hydrogen-bond acceptors (Lipinski definition) is 5. The zero-order valence-electron chi connectivity index (χ0n) is 16.8. The van der Waals surface area contributed by atoms with Gasteiger partial charge < -0.3 is 30.3 Å². The lowest BCUT2D eigenvalue weighted by Gasteiger charge is -2.19. The van der Waals surface area contributed by atoms with Crippen molar-refractivity contribution in [1.82, 2.24) is 20.9 Å². The minimum atomic E-state index is -0.471. The molecule has 1 amide bonds. The summed E-state index contributed by atoms with van der Waals surface area (Å²) < 4.78 is 10.2. The van der Waals surface area contributed by atoms with Crippen LogP contribution in [0.1, 0.15) is 34.1 Å². The first kappa shape index (κ1) is 23.5. The van der Waals surface area contributed by atoms with Crippen LogP contribution in [0.4, 0.5) is 4.79 Å². The highest BCUT2D eigenvalue weighted by atomic mass is 16.6. The van der Waals surface area contributed by atoms with Gasteiger partial charge in [0.25, 0.3) is 0 Å². The normalized spacial score (nSPS) is 12.2. The number of likely N-dealkylation sites (N-methyl/N-ethyl adjacent to an activating group) is 1. The molecular weight excluding hydrogens is 322 g/mol. The Bertz CT molecular complexity index is 383. The predicted octanol–water partition coefficient (Wildman–Crippen LogP) is 1.03. The molecule has 0 aliphatic carbocycles. The molecule has 0 saturated heterocycles. The van der Waals surface area contributed by atoms with Gasteiger partial charge in [-0.15, -0.1) is 0 Å². The van der Waals surface area contributed by atoms with Crippen LogP contribution < -0.4 is 16.0 Å². The number of methoxy groups -OCH3 is 1. The summed E-state index contributed by atoms with van der Waals surface area (Å²) in [6, 6.07) is 0. The molecule has 0 rings (SSSR count). The summed E-state index contributed by atoms with van der Waals surface area (Å²) in [7, 11) is 3.77. The average molecular weight is 360 g/mol. The number of nitrogens with one attached hydrogen (secondary N) is 3. The standard InChI is InChI=1S/C17H37N5O3/c1-7-18-15(20-11-12-22(5)13-14-24-6)19-9-8-10-21-16(23)25-17(2,3)4/h7-14H2,1-6H3,(H,21,23)(H2,18,19,20). The molecule has 3 N–H and O–H groups in total. The zero-order chi connectivity index (χ0) is 19.1. The number of hydrogen-bond donors (Lipinski definition) is 3. The summed E-state index contributed by atoms with van der Waals surface area (Å²) >= 11 is 0. The number of guanidine groups is 1. The Morgan fingerprint density at radius 3 is 2.44 bits per heavy atom. The fraction of sp³-hybridized carbons (Fsp3) is 0.882. The lowest BCUT2D eigenvalue weighted by atomic mass is 10.2. The molecule has 25 heavy (non-hydrogen) atoms. The fourth-order valence-electron chi connectivity index (χ4n) is 1.84. The second-order valence-electron chi connectivity index (χ2n) is 6.77. The van der Waals surface area contributed by atoms with E-state index in [0.29, 0.717) is 13.1 Å². The van der Waals surface area contributed by atoms with E-state index in [4.69, 9.17) is 9.47 Å². The molecule has 0 aromatic rings. The van der Waals surface area contributed by atoms with Gasteiger partial charge in [-0.05, 0) is 41.2 Å². The SMILES string of the molecule is CCNC(=NCCCNC(=O)OC(C)(C)C)NCCN(C)CCOC. The molecule has 0 radical (unpaired) electrons. The van der Waals surface area contributed by atoms with Gasteiger partial charge in [0.15, 0.2) is 5.96 Å². The maximum atomic E-state index is 11.5. The summed E-state index contributed by atoms with van der Waals surface area (Å²) in [5.74, 6) is 0.792. The summed E-state index contributed by atoms with van der Waals surface area (Å²) in [5.41, 5.74) is -0.471. The van der Waals surface area contributed by atoms with E-state index in [2.05, 4.69) is 32.9 Å². The van der Waals surface area contributed by atoms with Crippen LogP contribution in [0.15, 0.2) is 4.99 Å². The Labute approximate surface area is 152 Å². The summed E-state index contributed by atoms with van der Waals surface area (Å²) in [6.07, 6.45) is 0.365. The fourth-order valence-corrected chi connectivity index (χ4v) is 1.84. The van der Waals surface area contributed by atoms with E-state index >= 15 is 0 Å². The van der Waals surface area contributed by atoms with E-state index in [-0.39, 0.29) is 6.09 Å². The van der Waals surface area contributed by atoms with Crippen molar-refractivity contribution < 1.29 is 14.3 Å². The Hall–Kier alpha value is -1.54. The van der Waals surface area contributed by atoms with Crippen molar-refractivity contribution in [2.75, 3.05) is 60.0 Å². The minimum absolute atomic E-state index is 0.388. The molecule has 0 aromatic heterocycles. The van der Waals surface area contributed by atoms with E-state index in [1.165, 1.54) is 0 Å². The third kappa shape index (κ3) is 15.7. The van der Waals surface area contributed by atoms with E-state index < -0.39 is 5.60 Å². The molecule has 0 aliphatic rings. The molecule has 0 saturated carbocycles. The molecule has 0 bridgehead atoms. The summed E-state index contributed by atoms with van der Waals surface area (Å²) in [4.78, 5) is 18.2. The molecule has 0 aromatic carbocycles. The second-order valence-corrected chi connectivity index (χ2v) is 6.77. The number of carbonyl (C=O) groups excluding carboxylic acids is 1. The van der Waals surface area contributed by atoms with E-state index in [0.717, 1.165) is 45.2 Å². The van der Waals surface area contributed by atoms with Crippen LogP contribution in [-0.2, 0) is 9.47 Å². The first-order valence-electron chi connectivity index (χ1n) is 8.95. The molecule has 8 nitrogen and oxygen atoms in total. The number of alkyl carbamates (subject to hydrolysis) is 1. The van der Waals surface area contributed by atoms with Crippen LogP contribution in [0.5, 0.6) is 0 Å². The van der Waals surface area contributed by atoms with E-state index in [9.17, 15) is 4.79 Å². The summed E-state index contributed by atoms with van der Waals surface area (Å²) in [6.45, 7) is 12.9. The minimum Gasteiger partial charge on any atom is -0.444 e. The van der Waals surface area contributed by atoms with Gasteiger partial charge in [0.05, 0.1) is 6.61 Å². The third-order valence-electron chi connectivity index (χ3n) is 3.08. The number of rotatable bonds is 11. The Morgan fingerprint density at radius 1 is 1.12 bits per heavy atom. The smallest absolute Gasteiger partial charge is 0.407 e. The topological polar surface area (TPSA) is 87.2 Å². The highest BCUT2D eigenvalue weighted by Crippen LogP contribution is 2.06. The van der Waals surface area contributed by atoms with Gasteiger partial charge in [0.2, 0.25) is 0 Å². The van der Waals surface area contributed by atoms with Gasteiger partial charge >= 0.3 is 6.09 Å². The number of nitrogens with zero attached hydrogens (tertiary/aromatic N) is 2. The number of amides is 1. The lowest BCUT2D eigenvalue weighted by Crippen LogP contribution is -2.41. The van der Waals surface area contributed by atoms with Gasteiger partial charge in [-0.2, -0.15) is 0 Å². The van der Waals surface area contributed by atoms with Gasteiger partial charge in [-0.3, -0.25) is 4.99 Å². The lowest BCUT2D eigenvalue weighted by molar-refractivity contribution is 0.0527. The van der Waals surface area contributed by atoms with Gasteiger partial charge in [-0.25, -0.2) is 4.79 Å². The van der Waals surface area contributed by atoms with Crippen LogP contribution in [0.2, 0.25) is 0 Å². The number of aliphatic imine (C=N–C) groups is 1. The van der Waals surface area contributed by atoms with Gasteiger partial charge in [0.1, 0.15) is 5.60 Å². The quantitative estimate of drug-likeness (QED) is 0.290. The molecule has 0 aliphatic heterocycles. The van der Waals surface area contributed by atoms with Crippen molar-refractivity contribution in [2.24, 2.45) is 4.99 Å². The van der Waals surface area contributed by atoms with Crippen LogP contribution in [0.25, 0.3) is 0 Å². The number of ether oxygens (including phenoxy) is 2. The second kappa shape index (κ2) is 13.7. The molecular formula is C17H37N5O3. The molecule has 0 heterocycles. The highest BCUT2D eigenvalue weighted by molar-refractivity contribution is 5.79. The maximum absolute atomic E-state index is 11.5. The Kier molecular flexibility index (Phi) is 12.9. The molecule has 148 valence electrons. The Balaban J connectivity index is 3.97. The molecule has 0 fully saturated rings. The van der Waals surface area contributed by atoms with Crippen LogP contribution in [0, 0.1) is 0 Å². The van der Waals surface area contributed by atoms with Crippen LogP contribution in [-0.4, -0.2) is 82.6 Å². The predicted molar refractivity (Wildman–Crippen MR) is 102 cm³/mol. The molecule has 0 atom stereocenters. The molecule has 0 spiro atoms. The average Bonchev–Trinajstić information content (AvgIpc) is 2.50. The van der Waals surface area contributed by atoms with Crippen molar-refractivity contribution >= 4 is 12.1 Å². The Morgan fingerprint density at radius 2 is 1.84 bits per heavy atom. The van der Waals surface area contributed by atoms with Crippen molar-refractivity contribution in [2.45, 2.75) is 39.7 Å². The third-order valence-corrected chi connectivity index (χ3v) is 3.08. The van der Waals surface area contributed by atoms with E-state index in [1.54, 1.807) is 7.11 Å². The molecule has 8 heteroatoms. The maximum Gasteiger partial charge on any atom is 0.407 e. The van der Waals surface area contributed by atoms with E-state index in [1.807, 2.05) is 27.7 Å². The largest absolute Gasteiger partial charge is 0.444 e.